The molecular formula is C17H14N4O2. The second-order valence-electron chi connectivity index (χ2n) is 4.75. The molecule has 0 atom stereocenters. The third-order valence-corrected chi connectivity index (χ3v) is 3.21. The molecule has 0 fully saturated rings. The van der Waals surface area contributed by atoms with E-state index in [9.17, 15) is 4.79 Å². The first-order chi connectivity index (χ1) is 11.3. The van der Waals surface area contributed by atoms with Gasteiger partial charge < -0.3 is 10.1 Å². The highest BCUT2D eigenvalue weighted by atomic mass is 16.5. The van der Waals surface area contributed by atoms with Crippen molar-refractivity contribution < 1.29 is 9.53 Å². The Hall–Kier alpha value is -3.28. The fourth-order valence-electron chi connectivity index (χ4n) is 2.03. The van der Waals surface area contributed by atoms with Crippen molar-refractivity contribution in [3.63, 3.8) is 0 Å². The molecule has 1 aromatic carbocycles. The molecule has 0 spiro atoms. The third-order valence-electron chi connectivity index (χ3n) is 3.21. The van der Waals surface area contributed by atoms with Crippen molar-refractivity contribution in [1.82, 2.24) is 15.0 Å². The molecule has 114 valence electrons. The summed E-state index contributed by atoms with van der Waals surface area (Å²) < 4.78 is 5.13. The molecule has 6 heteroatoms. The van der Waals surface area contributed by atoms with Gasteiger partial charge in [-0.1, -0.05) is 6.07 Å². The number of methoxy groups -OCH3 is 1. The van der Waals surface area contributed by atoms with Crippen LogP contribution in [-0.4, -0.2) is 28.0 Å². The number of benzene rings is 1. The maximum Gasteiger partial charge on any atom is 0.257 e. The van der Waals surface area contributed by atoms with Crippen LogP contribution in [0.5, 0.6) is 5.75 Å². The lowest BCUT2D eigenvalue weighted by molar-refractivity contribution is 0.102. The molecule has 1 N–H and O–H groups in total. The van der Waals surface area contributed by atoms with Gasteiger partial charge in [0.2, 0.25) is 0 Å². The van der Waals surface area contributed by atoms with Crippen molar-refractivity contribution in [1.29, 1.82) is 0 Å². The SMILES string of the molecule is COc1cccc(NC(=O)c2ccc(-c3cncnc3)nc2)c1. The minimum absolute atomic E-state index is 0.235. The van der Waals surface area contributed by atoms with E-state index >= 15 is 0 Å². The number of pyridine rings is 1. The number of rotatable bonds is 4. The highest BCUT2D eigenvalue weighted by Gasteiger charge is 2.08. The average molecular weight is 306 g/mol. The van der Waals surface area contributed by atoms with Crippen LogP contribution in [0.2, 0.25) is 0 Å². The molecule has 1 amide bonds. The molecular weight excluding hydrogens is 292 g/mol. The zero-order valence-corrected chi connectivity index (χ0v) is 12.4. The number of amides is 1. The van der Waals surface area contributed by atoms with Crippen LogP contribution in [0.3, 0.4) is 0 Å². The first-order valence-corrected chi connectivity index (χ1v) is 6.93. The molecule has 23 heavy (non-hydrogen) atoms. The topological polar surface area (TPSA) is 77.0 Å². The Bertz CT molecular complexity index is 804. The van der Waals surface area contributed by atoms with Gasteiger partial charge in [0.1, 0.15) is 12.1 Å². The van der Waals surface area contributed by atoms with Gasteiger partial charge in [-0.2, -0.15) is 0 Å². The van der Waals surface area contributed by atoms with E-state index < -0.39 is 0 Å². The summed E-state index contributed by atoms with van der Waals surface area (Å²) in [4.78, 5) is 24.4. The van der Waals surface area contributed by atoms with Gasteiger partial charge in [-0.05, 0) is 24.3 Å². The zero-order valence-electron chi connectivity index (χ0n) is 12.4. The fraction of sp³-hybridized carbons (Fsp3) is 0.0588. The van der Waals surface area contributed by atoms with E-state index in [1.54, 1.807) is 43.8 Å². The summed E-state index contributed by atoms with van der Waals surface area (Å²) in [5, 5.41) is 2.81. The number of carbonyl (C=O) groups excluding carboxylic acids is 1. The summed E-state index contributed by atoms with van der Waals surface area (Å²) in [6, 6.07) is 10.6. The first kappa shape index (κ1) is 14.6. The van der Waals surface area contributed by atoms with Crippen molar-refractivity contribution in [3.8, 4) is 17.0 Å². The van der Waals surface area contributed by atoms with Crippen molar-refractivity contribution >= 4 is 11.6 Å². The van der Waals surface area contributed by atoms with E-state index in [1.807, 2.05) is 12.1 Å². The van der Waals surface area contributed by atoms with Crippen molar-refractivity contribution in [2.45, 2.75) is 0 Å². The Kier molecular flexibility index (Phi) is 4.24. The van der Waals surface area contributed by atoms with Crippen LogP contribution in [0.25, 0.3) is 11.3 Å². The zero-order chi connectivity index (χ0) is 16.1. The molecule has 2 heterocycles. The molecule has 0 saturated heterocycles. The van der Waals surface area contributed by atoms with E-state index in [-0.39, 0.29) is 5.91 Å². The van der Waals surface area contributed by atoms with Gasteiger partial charge in [0.25, 0.3) is 5.91 Å². The first-order valence-electron chi connectivity index (χ1n) is 6.93. The molecule has 0 bridgehead atoms. The third kappa shape index (κ3) is 3.49. The number of hydrogen-bond donors (Lipinski definition) is 1. The van der Waals surface area contributed by atoms with Crippen LogP contribution in [0.4, 0.5) is 5.69 Å². The Balaban J connectivity index is 1.75. The summed E-state index contributed by atoms with van der Waals surface area (Å²) >= 11 is 0. The quantitative estimate of drug-likeness (QED) is 0.802. The van der Waals surface area contributed by atoms with E-state index in [2.05, 4.69) is 20.3 Å². The Morgan fingerprint density at radius 3 is 2.61 bits per heavy atom. The van der Waals surface area contributed by atoms with Crippen LogP contribution in [0.15, 0.2) is 61.3 Å². The van der Waals surface area contributed by atoms with Crippen molar-refractivity contribution in [3.05, 3.63) is 66.9 Å². The van der Waals surface area contributed by atoms with E-state index in [4.69, 9.17) is 4.74 Å². The molecule has 3 aromatic rings. The average Bonchev–Trinajstić information content (AvgIpc) is 2.63. The molecule has 2 aromatic heterocycles. The predicted octanol–water partition coefficient (Wildman–Crippen LogP) is 2.80. The number of hydrogen-bond acceptors (Lipinski definition) is 5. The monoisotopic (exact) mass is 306 g/mol. The second-order valence-corrected chi connectivity index (χ2v) is 4.75. The number of ether oxygens (including phenoxy) is 1. The van der Waals surface area contributed by atoms with Crippen LogP contribution >= 0.6 is 0 Å². The van der Waals surface area contributed by atoms with Gasteiger partial charge in [0.15, 0.2) is 0 Å². The molecule has 0 saturated carbocycles. The van der Waals surface area contributed by atoms with Crippen LogP contribution in [0.1, 0.15) is 10.4 Å². The van der Waals surface area contributed by atoms with Gasteiger partial charge >= 0.3 is 0 Å². The van der Waals surface area contributed by atoms with Gasteiger partial charge in [-0.25, -0.2) is 9.97 Å². The van der Waals surface area contributed by atoms with E-state index in [0.29, 0.717) is 22.7 Å². The minimum Gasteiger partial charge on any atom is -0.497 e. The fourth-order valence-corrected chi connectivity index (χ4v) is 2.03. The Morgan fingerprint density at radius 2 is 1.91 bits per heavy atom. The van der Waals surface area contributed by atoms with Gasteiger partial charge in [0, 0.05) is 35.9 Å². The van der Waals surface area contributed by atoms with Crippen molar-refractivity contribution in [2.24, 2.45) is 0 Å². The van der Waals surface area contributed by atoms with Gasteiger partial charge in [-0.3, -0.25) is 9.78 Å². The Morgan fingerprint density at radius 1 is 1.09 bits per heavy atom. The molecule has 0 unspecified atom stereocenters. The maximum atomic E-state index is 12.2. The van der Waals surface area contributed by atoms with Gasteiger partial charge in [-0.15, -0.1) is 0 Å². The van der Waals surface area contributed by atoms with Crippen LogP contribution in [-0.2, 0) is 0 Å². The second kappa shape index (κ2) is 6.65. The minimum atomic E-state index is -0.235. The largest absolute Gasteiger partial charge is 0.497 e. The summed E-state index contributed by atoms with van der Waals surface area (Å²) in [6.45, 7) is 0. The molecule has 0 aliphatic heterocycles. The Labute approximate surface area is 133 Å². The van der Waals surface area contributed by atoms with Gasteiger partial charge in [0.05, 0.1) is 18.4 Å². The molecule has 0 aliphatic carbocycles. The number of aromatic nitrogens is 3. The molecule has 6 nitrogen and oxygen atoms in total. The summed E-state index contributed by atoms with van der Waals surface area (Å²) in [5.41, 5.74) is 2.64. The standard InChI is InChI=1S/C17H14N4O2/c1-23-15-4-2-3-14(7-15)21-17(22)12-5-6-16(20-10-12)13-8-18-11-19-9-13/h2-11H,1H3,(H,21,22). The molecule has 3 rings (SSSR count). The molecule has 0 aliphatic rings. The summed E-state index contributed by atoms with van der Waals surface area (Å²) in [7, 11) is 1.58. The highest BCUT2D eigenvalue weighted by molar-refractivity contribution is 6.04. The number of nitrogens with one attached hydrogen (secondary N) is 1. The molecule has 0 radical (unpaired) electrons. The van der Waals surface area contributed by atoms with Crippen LogP contribution < -0.4 is 10.1 Å². The summed E-state index contributed by atoms with van der Waals surface area (Å²) in [6.07, 6.45) is 6.33. The predicted molar refractivity (Wildman–Crippen MR) is 86.2 cm³/mol. The number of nitrogens with zero attached hydrogens (tertiary/aromatic N) is 3. The van der Waals surface area contributed by atoms with Crippen molar-refractivity contribution in [2.75, 3.05) is 12.4 Å². The lowest BCUT2D eigenvalue weighted by Crippen LogP contribution is -2.12. The van der Waals surface area contributed by atoms with E-state index in [1.165, 1.54) is 12.5 Å². The van der Waals surface area contributed by atoms with E-state index in [0.717, 1.165) is 5.56 Å². The lowest BCUT2D eigenvalue weighted by Gasteiger charge is -2.07. The highest BCUT2D eigenvalue weighted by Crippen LogP contribution is 2.18. The normalized spacial score (nSPS) is 10.1. The summed E-state index contributed by atoms with van der Waals surface area (Å²) in [5.74, 6) is 0.446. The lowest BCUT2D eigenvalue weighted by atomic mass is 10.2. The maximum absolute atomic E-state index is 12.2. The number of anilines is 1. The van der Waals surface area contributed by atoms with Crippen LogP contribution in [0, 0.1) is 0 Å². The smallest absolute Gasteiger partial charge is 0.257 e. The number of carbonyl (C=O) groups is 1.